The molecule has 1 saturated carbocycles. The van der Waals surface area contributed by atoms with Crippen LogP contribution >= 0.6 is 0 Å². The van der Waals surface area contributed by atoms with Gasteiger partial charge in [0.2, 0.25) is 11.8 Å². The van der Waals surface area contributed by atoms with Crippen LogP contribution in [0.15, 0.2) is 54.6 Å². The van der Waals surface area contributed by atoms with E-state index >= 15 is 0 Å². The van der Waals surface area contributed by atoms with E-state index in [-0.39, 0.29) is 30.4 Å². The first-order valence-corrected chi connectivity index (χ1v) is 10.1. The van der Waals surface area contributed by atoms with Gasteiger partial charge in [0.15, 0.2) is 0 Å². The first-order chi connectivity index (χ1) is 14.4. The van der Waals surface area contributed by atoms with Gasteiger partial charge in [-0.3, -0.25) is 9.59 Å². The summed E-state index contributed by atoms with van der Waals surface area (Å²) in [6.07, 6.45) is 1.27. The molecule has 7 heteroatoms. The number of carbonyl (C=O) groups excluding carboxylic acids is 3. The van der Waals surface area contributed by atoms with Crippen LogP contribution in [-0.2, 0) is 20.9 Å². The van der Waals surface area contributed by atoms with E-state index in [1.165, 1.54) is 0 Å². The van der Waals surface area contributed by atoms with Crippen LogP contribution in [0.3, 0.4) is 0 Å². The fourth-order valence-electron chi connectivity index (χ4n) is 2.87. The molecule has 1 fully saturated rings. The lowest BCUT2D eigenvalue weighted by molar-refractivity contribution is -0.123. The Kier molecular flexibility index (Phi) is 7.06. The van der Waals surface area contributed by atoms with Gasteiger partial charge in [-0.1, -0.05) is 42.5 Å². The second-order valence-electron chi connectivity index (χ2n) is 7.54. The molecule has 0 bridgehead atoms. The van der Waals surface area contributed by atoms with Crippen molar-refractivity contribution in [1.29, 1.82) is 0 Å². The fraction of sp³-hybridized carbons (Fsp3) is 0.348. The number of nitrogens with one attached hydrogen (secondary N) is 3. The summed E-state index contributed by atoms with van der Waals surface area (Å²) in [5.74, 6) is -0.107. The van der Waals surface area contributed by atoms with Crippen LogP contribution in [0.25, 0.3) is 0 Å². The molecule has 3 N–H and O–H groups in total. The maximum Gasteiger partial charge on any atom is 0.408 e. The molecule has 0 saturated heterocycles. The Morgan fingerprint density at radius 2 is 1.63 bits per heavy atom. The molecule has 158 valence electrons. The summed E-state index contributed by atoms with van der Waals surface area (Å²) < 4.78 is 5.14. The maximum absolute atomic E-state index is 12.4. The highest BCUT2D eigenvalue weighted by Crippen LogP contribution is 2.30. The molecule has 1 aliphatic rings. The molecule has 0 spiro atoms. The Morgan fingerprint density at radius 3 is 2.27 bits per heavy atom. The third kappa shape index (κ3) is 6.34. The molecule has 1 aliphatic carbocycles. The molecule has 3 rings (SSSR count). The number of amides is 3. The Balaban J connectivity index is 1.43. The topological polar surface area (TPSA) is 96.5 Å². The van der Waals surface area contributed by atoms with E-state index in [1.807, 2.05) is 61.5 Å². The van der Waals surface area contributed by atoms with Crippen LogP contribution in [0.1, 0.15) is 43.9 Å². The van der Waals surface area contributed by atoms with Gasteiger partial charge in [-0.15, -0.1) is 0 Å². The molecular formula is C23H27N3O4. The smallest absolute Gasteiger partial charge is 0.408 e. The second-order valence-corrected chi connectivity index (χ2v) is 7.54. The quantitative estimate of drug-likeness (QED) is 0.621. The summed E-state index contributed by atoms with van der Waals surface area (Å²) in [7, 11) is 0. The van der Waals surface area contributed by atoms with Crippen molar-refractivity contribution in [2.45, 2.75) is 45.4 Å². The monoisotopic (exact) mass is 409 g/mol. The lowest BCUT2D eigenvalue weighted by Crippen LogP contribution is -2.45. The van der Waals surface area contributed by atoms with Gasteiger partial charge in [-0.2, -0.15) is 0 Å². The summed E-state index contributed by atoms with van der Waals surface area (Å²) in [5.41, 5.74) is 2.51. The molecule has 2 aromatic carbocycles. The highest BCUT2D eigenvalue weighted by molar-refractivity contribution is 5.94. The number of rotatable bonds is 8. The summed E-state index contributed by atoms with van der Waals surface area (Å²) in [4.78, 5) is 36.1. The van der Waals surface area contributed by atoms with Crippen molar-refractivity contribution in [3.63, 3.8) is 0 Å². The third-order valence-corrected chi connectivity index (χ3v) is 4.93. The molecule has 0 aliphatic heterocycles. The van der Waals surface area contributed by atoms with Gasteiger partial charge in [-0.05, 0) is 49.9 Å². The van der Waals surface area contributed by atoms with Crippen LogP contribution in [0, 0.1) is 5.92 Å². The Labute approximate surface area is 176 Å². The molecule has 7 nitrogen and oxygen atoms in total. The Bertz CT molecular complexity index is 879. The molecule has 2 atom stereocenters. The van der Waals surface area contributed by atoms with E-state index in [0.717, 1.165) is 29.7 Å². The van der Waals surface area contributed by atoms with E-state index in [0.29, 0.717) is 0 Å². The van der Waals surface area contributed by atoms with Crippen LogP contribution in [0.4, 0.5) is 10.5 Å². The van der Waals surface area contributed by atoms with Gasteiger partial charge in [0.1, 0.15) is 12.6 Å². The predicted octanol–water partition coefficient (Wildman–Crippen LogP) is 3.53. The normalized spacial score (nSPS) is 14.9. The van der Waals surface area contributed by atoms with Crippen LogP contribution in [-0.4, -0.2) is 23.9 Å². The van der Waals surface area contributed by atoms with Crippen LogP contribution in [0.2, 0.25) is 0 Å². The van der Waals surface area contributed by atoms with Gasteiger partial charge in [0.25, 0.3) is 0 Å². The average molecular weight is 409 g/mol. The van der Waals surface area contributed by atoms with Gasteiger partial charge in [0.05, 0.1) is 6.04 Å². The standard InChI is InChI=1S/C23H27N3O4/c1-15(18-10-12-20(13-11-18)26-22(28)19-8-9-19)24-21(27)16(2)25-23(29)30-14-17-6-4-3-5-7-17/h3-7,10-13,15-16,19H,8-9,14H2,1-2H3,(H,24,27)(H,25,29)(H,26,28)/t15-,16+/m1/s1. The zero-order valence-electron chi connectivity index (χ0n) is 17.2. The van der Waals surface area contributed by atoms with E-state index in [1.54, 1.807) is 6.92 Å². The number of alkyl carbamates (subject to hydrolysis) is 1. The largest absolute Gasteiger partial charge is 0.445 e. The summed E-state index contributed by atoms with van der Waals surface area (Å²) in [5, 5.41) is 8.29. The molecule has 30 heavy (non-hydrogen) atoms. The van der Waals surface area contributed by atoms with Crippen molar-refractivity contribution in [2.75, 3.05) is 5.32 Å². The van der Waals surface area contributed by atoms with E-state index in [2.05, 4.69) is 16.0 Å². The minimum atomic E-state index is -0.743. The summed E-state index contributed by atoms with van der Waals surface area (Å²) in [6.45, 7) is 3.60. The molecule has 0 unspecified atom stereocenters. The lowest BCUT2D eigenvalue weighted by Gasteiger charge is -2.19. The summed E-state index contributed by atoms with van der Waals surface area (Å²) >= 11 is 0. The number of hydrogen-bond acceptors (Lipinski definition) is 4. The van der Waals surface area contributed by atoms with Crippen molar-refractivity contribution in [2.24, 2.45) is 5.92 Å². The van der Waals surface area contributed by atoms with E-state index in [4.69, 9.17) is 4.74 Å². The molecular weight excluding hydrogens is 382 g/mol. The van der Waals surface area contributed by atoms with Crippen molar-refractivity contribution in [1.82, 2.24) is 10.6 Å². The Hall–Kier alpha value is -3.35. The predicted molar refractivity (Wildman–Crippen MR) is 114 cm³/mol. The Morgan fingerprint density at radius 1 is 0.967 bits per heavy atom. The van der Waals surface area contributed by atoms with Crippen molar-refractivity contribution in [3.05, 3.63) is 65.7 Å². The number of carbonyl (C=O) groups is 3. The molecule has 0 radical (unpaired) electrons. The molecule has 0 heterocycles. The maximum atomic E-state index is 12.4. The highest BCUT2D eigenvalue weighted by Gasteiger charge is 2.29. The number of ether oxygens (including phenoxy) is 1. The number of hydrogen-bond donors (Lipinski definition) is 3. The third-order valence-electron chi connectivity index (χ3n) is 4.93. The number of anilines is 1. The zero-order valence-corrected chi connectivity index (χ0v) is 17.2. The zero-order chi connectivity index (χ0) is 21.5. The minimum Gasteiger partial charge on any atom is -0.445 e. The van der Waals surface area contributed by atoms with Crippen LogP contribution < -0.4 is 16.0 Å². The average Bonchev–Trinajstić information content (AvgIpc) is 3.59. The van der Waals surface area contributed by atoms with E-state index < -0.39 is 12.1 Å². The van der Waals surface area contributed by atoms with Crippen molar-refractivity contribution in [3.8, 4) is 0 Å². The SMILES string of the molecule is C[C@H](NC(=O)OCc1ccccc1)C(=O)N[C@H](C)c1ccc(NC(=O)C2CC2)cc1. The second kappa shape index (κ2) is 9.91. The molecule has 2 aromatic rings. The highest BCUT2D eigenvalue weighted by atomic mass is 16.5. The molecule has 0 aromatic heterocycles. The van der Waals surface area contributed by atoms with Crippen molar-refractivity contribution < 1.29 is 19.1 Å². The minimum absolute atomic E-state index is 0.0585. The fourth-order valence-corrected chi connectivity index (χ4v) is 2.87. The van der Waals surface area contributed by atoms with Gasteiger partial charge < -0.3 is 20.7 Å². The van der Waals surface area contributed by atoms with Gasteiger partial charge >= 0.3 is 6.09 Å². The first-order valence-electron chi connectivity index (χ1n) is 10.1. The van der Waals surface area contributed by atoms with Crippen LogP contribution in [0.5, 0.6) is 0 Å². The van der Waals surface area contributed by atoms with Gasteiger partial charge in [-0.25, -0.2) is 4.79 Å². The van der Waals surface area contributed by atoms with Gasteiger partial charge in [0, 0.05) is 11.6 Å². The number of benzene rings is 2. The lowest BCUT2D eigenvalue weighted by atomic mass is 10.1. The summed E-state index contributed by atoms with van der Waals surface area (Å²) in [6, 6.07) is 15.7. The van der Waals surface area contributed by atoms with E-state index in [9.17, 15) is 14.4 Å². The van der Waals surface area contributed by atoms with Crippen molar-refractivity contribution >= 4 is 23.6 Å². The first kappa shape index (κ1) is 21.4. The molecule has 3 amide bonds.